The molecule has 0 fully saturated rings. The number of nitrogens with zero attached hydrogens (tertiary/aromatic N) is 1. The second kappa shape index (κ2) is 6.56. The molecule has 0 bridgehead atoms. The minimum Gasteiger partial charge on any atom is -0.443 e. The van der Waals surface area contributed by atoms with E-state index in [2.05, 4.69) is 17.4 Å². The van der Waals surface area contributed by atoms with Crippen LogP contribution in [0.2, 0.25) is 0 Å². The van der Waals surface area contributed by atoms with E-state index in [-0.39, 0.29) is 12.1 Å². The molecule has 0 saturated carbocycles. The van der Waals surface area contributed by atoms with Gasteiger partial charge in [-0.3, -0.25) is 4.90 Å². The molecule has 4 heteroatoms. The van der Waals surface area contributed by atoms with Gasteiger partial charge in [0, 0.05) is 17.9 Å². The Hall–Kier alpha value is -2.49. The van der Waals surface area contributed by atoms with Gasteiger partial charge in [-0.15, -0.1) is 0 Å². The zero-order valence-corrected chi connectivity index (χ0v) is 14.5. The Bertz CT molecular complexity index is 707. The molecule has 0 saturated heterocycles. The Balaban J connectivity index is 1.90. The van der Waals surface area contributed by atoms with E-state index in [9.17, 15) is 4.79 Å². The lowest BCUT2D eigenvalue weighted by Crippen LogP contribution is -2.49. The van der Waals surface area contributed by atoms with Crippen LogP contribution >= 0.6 is 0 Å². The van der Waals surface area contributed by atoms with Crippen LogP contribution in [0.4, 0.5) is 16.2 Å². The molecule has 126 valence electrons. The second-order valence-electron chi connectivity index (χ2n) is 7.08. The summed E-state index contributed by atoms with van der Waals surface area (Å²) in [5.41, 5.74) is 2.70. The van der Waals surface area contributed by atoms with E-state index in [0.29, 0.717) is 6.54 Å². The van der Waals surface area contributed by atoms with Crippen molar-refractivity contribution in [1.82, 2.24) is 0 Å². The molecule has 0 unspecified atom stereocenters. The molecule has 4 nitrogen and oxygen atoms in total. The van der Waals surface area contributed by atoms with Crippen LogP contribution in [0.15, 0.2) is 54.6 Å². The Morgan fingerprint density at radius 3 is 2.46 bits per heavy atom. The molecule has 3 rings (SSSR count). The lowest BCUT2D eigenvalue weighted by atomic mass is 9.98. The number of nitrogens with one attached hydrogen (secondary N) is 1. The summed E-state index contributed by atoms with van der Waals surface area (Å²) in [6.45, 7) is 6.37. The van der Waals surface area contributed by atoms with Gasteiger partial charge in [-0.05, 0) is 51.0 Å². The maximum absolute atomic E-state index is 12.8. The topological polar surface area (TPSA) is 41.6 Å². The van der Waals surface area contributed by atoms with E-state index in [0.717, 1.165) is 17.8 Å². The van der Waals surface area contributed by atoms with Crippen molar-refractivity contribution in [2.75, 3.05) is 16.8 Å². The number of anilines is 2. The fraction of sp³-hybridized carbons (Fsp3) is 0.350. The monoisotopic (exact) mass is 324 g/mol. The van der Waals surface area contributed by atoms with Crippen molar-refractivity contribution in [3.05, 3.63) is 60.2 Å². The van der Waals surface area contributed by atoms with Crippen LogP contribution in [0, 0.1) is 0 Å². The second-order valence-corrected chi connectivity index (χ2v) is 7.08. The maximum atomic E-state index is 12.8. The third-order valence-electron chi connectivity index (χ3n) is 3.99. The van der Waals surface area contributed by atoms with Gasteiger partial charge in [0.1, 0.15) is 5.60 Å². The summed E-state index contributed by atoms with van der Waals surface area (Å²) in [6, 6.07) is 18.0. The van der Waals surface area contributed by atoms with Crippen LogP contribution in [-0.4, -0.2) is 24.3 Å². The predicted octanol–water partition coefficient (Wildman–Crippen LogP) is 4.46. The highest BCUT2D eigenvalue weighted by Gasteiger charge is 2.32. The molecule has 1 N–H and O–H groups in total. The van der Waals surface area contributed by atoms with Crippen molar-refractivity contribution in [2.45, 2.75) is 38.8 Å². The summed E-state index contributed by atoms with van der Waals surface area (Å²) in [4.78, 5) is 14.6. The van der Waals surface area contributed by atoms with Crippen LogP contribution in [0.25, 0.3) is 0 Å². The van der Waals surface area contributed by atoms with Crippen molar-refractivity contribution in [3.8, 4) is 0 Å². The summed E-state index contributed by atoms with van der Waals surface area (Å²) in [5.74, 6) is 0. The Morgan fingerprint density at radius 2 is 1.75 bits per heavy atom. The highest BCUT2D eigenvalue weighted by molar-refractivity contribution is 5.89. The SMILES string of the molecule is CC(C)(C)OC(=O)N(c1ccccc1)[C@@H]1CNc2ccccc2C1. The fourth-order valence-corrected chi connectivity index (χ4v) is 2.97. The smallest absolute Gasteiger partial charge is 0.415 e. The van der Waals surface area contributed by atoms with Crippen molar-refractivity contribution in [1.29, 1.82) is 0 Å². The van der Waals surface area contributed by atoms with E-state index in [4.69, 9.17) is 4.74 Å². The first-order valence-electron chi connectivity index (χ1n) is 8.33. The highest BCUT2D eigenvalue weighted by Crippen LogP contribution is 2.28. The van der Waals surface area contributed by atoms with Gasteiger partial charge < -0.3 is 10.1 Å². The number of fused-ring (bicyclic) bond motifs is 1. The molecule has 1 heterocycles. The fourth-order valence-electron chi connectivity index (χ4n) is 2.97. The highest BCUT2D eigenvalue weighted by atomic mass is 16.6. The van der Waals surface area contributed by atoms with E-state index in [1.807, 2.05) is 63.2 Å². The number of rotatable bonds is 2. The zero-order valence-electron chi connectivity index (χ0n) is 14.5. The predicted molar refractivity (Wildman–Crippen MR) is 97.6 cm³/mol. The number of amides is 1. The molecular weight excluding hydrogens is 300 g/mol. The third kappa shape index (κ3) is 3.70. The number of carbonyl (C=O) groups is 1. The maximum Gasteiger partial charge on any atom is 0.415 e. The first-order valence-corrected chi connectivity index (χ1v) is 8.33. The molecule has 0 spiro atoms. The normalized spacial score (nSPS) is 16.7. The number of carbonyl (C=O) groups excluding carboxylic acids is 1. The number of benzene rings is 2. The lowest BCUT2D eigenvalue weighted by molar-refractivity contribution is 0.0566. The molecule has 2 aromatic rings. The molecule has 1 atom stereocenters. The Kier molecular flexibility index (Phi) is 4.47. The van der Waals surface area contributed by atoms with Crippen LogP contribution in [-0.2, 0) is 11.2 Å². The standard InChI is InChI=1S/C20H24N2O2/c1-20(2,3)24-19(23)22(16-10-5-4-6-11-16)17-13-15-9-7-8-12-18(15)21-14-17/h4-12,17,21H,13-14H2,1-3H3/t17-/m0/s1. The average molecular weight is 324 g/mol. The summed E-state index contributed by atoms with van der Waals surface area (Å²) in [6.07, 6.45) is 0.497. The number of hydrogen-bond donors (Lipinski definition) is 1. The molecule has 2 aromatic carbocycles. The van der Waals surface area contributed by atoms with Crippen LogP contribution in [0.1, 0.15) is 26.3 Å². The van der Waals surface area contributed by atoms with Crippen LogP contribution in [0.5, 0.6) is 0 Å². The van der Waals surface area contributed by atoms with Gasteiger partial charge in [0.2, 0.25) is 0 Å². The van der Waals surface area contributed by atoms with Gasteiger partial charge in [0.25, 0.3) is 0 Å². The first-order chi connectivity index (χ1) is 11.4. The van der Waals surface area contributed by atoms with Gasteiger partial charge >= 0.3 is 6.09 Å². The van der Waals surface area contributed by atoms with Crippen LogP contribution < -0.4 is 10.2 Å². The van der Waals surface area contributed by atoms with E-state index < -0.39 is 5.60 Å². The summed E-state index contributed by atoms with van der Waals surface area (Å²) in [7, 11) is 0. The molecule has 1 aliphatic rings. The van der Waals surface area contributed by atoms with E-state index in [1.165, 1.54) is 5.56 Å². The largest absolute Gasteiger partial charge is 0.443 e. The Morgan fingerprint density at radius 1 is 1.08 bits per heavy atom. The van der Waals surface area contributed by atoms with Crippen molar-refractivity contribution < 1.29 is 9.53 Å². The lowest BCUT2D eigenvalue weighted by Gasteiger charge is -2.36. The number of hydrogen-bond acceptors (Lipinski definition) is 3. The summed E-state index contributed by atoms with van der Waals surface area (Å²) in [5, 5.41) is 3.43. The molecule has 0 aromatic heterocycles. The first kappa shape index (κ1) is 16.4. The quantitative estimate of drug-likeness (QED) is 0.886. The van der Waals surface area contributed by atoms with E-state index >= 15 is 0 Å². The third-order valence-corrected chi connectivity index (χ3v) is 3.99. The van der Waals surface area contributed by atoms with Gasteiger partial charge in [-0.2, -0.15) is 0 Å². The van der Waals surface area contributed by atoms with Crippen molar-refractivity contribution in [2.24, 2.45) is 0 Å². The van der Waals surface area contributed by atoms with Gasteiger partial charge in [-0.1, -0.05) is 36.4 Å². The molecule has 1 aliphatic heterocycles. The van der Waals surface area contributed by atoms with Crippen LogP contribution in [0.3, 0.4) is 0 Å². The zero-order chi connectivity index (χ0) is 17.2. The summed E-state index contributed by atoms with van der Waals surface area (Å²) >= 11 is 0. The molecule has 0 radical (unpaired) electrons. The molecule has 0 aliphatic carbocycles. The number of para-hydroxylation sites is 2. The van der Waals surface area contributed by atoms with Crippen molar-refractivity contribution in [3.63, 3.8) is 0 Å². The minimum absolute atomic E-state index is 0.0112. The van der Waals surface area contributed by atoms with Gasteiger partial charge in [0.05, 0.1) is 6.04 Å². The van der Waals surface area contributed by atoms with E-state index in [1.54, 1.807) is 4.90 Å². The summed E-state index contributed by atoms with van der Waals surface area (Å²) < 4.78 is 5.65. The van der Waals surface area contributed by atoms with Crippen molar-refractivity contribution >= 4 is 17.5 Å². The molecule has 1 amide bonds. The molecule has 24 heavy (non-hydrogen) atoms. The Labute approximate surface area is 143 Å². The molecular formula is C20H24N2O2. The van der Waals surface area contributed by atoms with Gasteiger partial charge in [0.15, 0.2) is 0 Å². The minimum atomic E-state index is -0.524. The van der Waals surface area contributed by atoms with Gasteiger partial charge in [-0.25, -0.2) is 4.79 Å². The number of ether oxygens (including phenoxy) is 1. The average Bonchev–Trinajstić information content (AvgIpc) is 2.54.